The summed E-state index contributed by atoms with van der Waals surface area (Å²) in [6.07, 6.45) is 6.39. The normalized spacial score (nSPS) is 15.0. The van der Waals surface area contributed by atoms with Crippen LogP contribution in [-0.2, 0) is 26.2 Å². The first-order valence-corrected chi connectivity index (χ1v) is 15.3. The Morgan fingerprint density at radius 3 is 2.18 bits per heavy atom. The number of methoxy groups -OCH3 is 1. The molecule has 8 nitrogen and oxygen atoms in total. The lowest BCUT2D eigenvalue weighted by Crippen LogP contribution is -2.54. The van der Waals surface area contributed by atoms with Gasteiger partial charge in [0.15, 0.2) is 0 Å². The molecule has 0 aliphatic heterocycles. The Kier molecular flexibility index (Phi) is 10.7. The first-order chi connectivity index (χ1) is 18.0. The number of hydrogen-bond donors (Lipinski definition) is 1. The van der Waals surface area contributed by atoms with Crippen molar-refractivity contribution in [2.75, 3.05) is 24.2 Å². The average Bonchev–Trinajstić information content (AvgIpc) is 2.88. The SMILES string of the molecule is CC[C@H](C(=O)NC1CCCCC1)N(Cc1c(Cl)cccc1Cl)C(=O)CN(c1ccc(OC)cc1)S(C)(=O)=O. The molecule has 1 atom stereocenters. The summed E-state index contributed by atoms with van der Waals surface area (Å²) >= 11 is 12.8. The van der Waals surface area contributed by atoms with E-state index in [4.69, 9.17) is 27.9 Å². The molecule has 2 aromatic carbocycles. The van der Waals surface area contributed by atoms with Crippen LogP contribution in [0, 0.1) is 0 Å². The van der Waals surface area contributed by atoms with Gasteiger partial charge in [0, 0.05) is 28.2 Å². The topological polar surface area (TPSA) is 96.0 Å². The van der Waals surface area contributed by atoms with E-state index in [9.17, 15) is 18.0 Å². The molecule has 1 fully saturated rings. The summed E-state index contributed by atoms with van der Waals surface area (Å²) in [5, 5.41) is 3.81. The zero-order chi connectivity index (χ0) is 27.9. The maximum atomic E-state index is 13.8. The Balaban J connectivity index is 1.95. The number of sulfonamides is 1. The van der Waals surface area contributed by atoms with Crippen molar-refractivity contribution in [2.24, 2.45) is 0 Å². The molecule has 0 unspecified atom stereocenters. The summed E-state index contributed by atoms with van der Waals surface area (Å²) in [6, 6.07) is 10.6. The third-order valence-electron chi connectivity index (χ3n) is 6.77. The number of hydrogen-bond acceptors (Lipinski definition) is 5. The summed E-state index contributed by atoms with van der Waals surface area (Å²) in [4.78, 5) is 28.7. The predicted octanol–water partition coefficient (Wildman–Crippen LogP) is 5.02. The Bertz CT molecular complexity index is 1200. The Morgan fingerprint density at radius 1 is 1.05 bits per heavy atom. The molecule has 3 rings (SSSR count). The number of benzene rings is 2. The maximum absolute atomic E-state index is 13.8. The van der Waals surface area contributed by atoms with Crippen molar-refractivity contribution in [2.45, 2.75) is 64.1 Å². The van der Waals surface area contributed by atoms with E-state index in [0.717, 1.165) is 42.7 Å². The minimum Gasteiger partial charge on any atom is -0.497 e. The Labute approximate surface area is 235 Å². The minimum absolute atomic E-state index is 0.0475. The molecule has 0 radical (unpaired) electrons. The first kappa shape index (κ1) is 30.1. The summed E-state index contributed by atoms with van der Waals surface area (Å²) in [5.74, 6) is -0.270. The molecule has 0 spiro atoms. The highest BCUT2D eigenvalue weighted by atomic mass is 35.5. The molecule has 0 saturated heterocycles. The zero-order valence-corrected chi connectivity index (χ0v) is 24.3. The van der Waals surface area contributed by atoms with Crippen LogP contribution in [0.3, 0.4) is 0 Å². The van der Waals surface area contributed by atoms with Gasteiger partial charge < -0.3 is 15.0 Å². The van der Waals surface area contributed by atoms with Crippen LogP contribution < -0.4 is 14.4 Å². The molecule has 0 bridgehead atoms. The van der Waals surface area contributed by atoms with Crippen molar-refractivity contribution < 1.29 is 22.7 Å². The van der Waals surface area contributed by atoms with Crippen LogP contribution in [0.5, 0.6) is 5.75 Å². The van der Waals surface area contributed by atoms with Gasteiger partial charge in [-0.1, -0.05) is 55.5 Å². The largest absolute Gasteiger partial charge is 0.497 e. The quantitative estimate of drug-likeness (QED) is 0.400. The highest BCUT2D eigenvalue weighted by molar-refractivity contribution is 7.92. The van der Waals surface area contributed by atoms with Crippen LogP contribution in [0.1, 0.15) is 51.0 Å². The van der Waals surface area contributed by atoms with Gasteiger partial charge in [0.25, 0.3) is 0 Å². The van der Waals surface area contributed by atoms with Gasteiger partial charge >= 0.3 is 0 Å². The lowest BCUT2D eigenvalue weighted by molar-refractivity contribution is -0.140. The van der Waals surface area contributed by atoms with Crippen LogP contribution in [0.15, 0.2) is 42.5 Å². The van der Waals surface area contributed by atoms with Crippen LogP contribution in [0.4, 0.5) is 5.69 Å². The van der Waals surface area contributed by atoms with Gasteiger partial charge in [0.1, 0.15) is 18.3 Å². The molecule has 2 amide bonds. The third kappa shape index (κ3) is 7.77. The van der Waals surface area contributed by atoms with Crippen molar-refractivity contribution in [1.82, 2.24) is 10.2 Å². The highest BCUT2D eigenvalue weighted by Gasteiger charge is 2.33. The Morgan fingerprint density at radius 2 is 1.66 bits per heavy atom. The lowest BCUT2D eigenvalue weighted by atomic mass is 9.95. The molecule has 0 heterocycles. The number of amides is 2. The fraction of sp³-hybridized carbons (Fsp3) is 0.481. The fourth-order valence-corrected chi connectivity index (χ4v) is 6.05. The summed E-state index contributed by atoms with van der Waals surface area (Å²) < 4.78 is 31.7. The highest BCUT2D eigenvalue weighted by Crippen LogP contribution is 2.28. The summed E-state index contributed by atoms with van der Waals surface area (Å²) in [5.41, 5.74) is 0.792. The van der Waals surface area contributed by atoms with E-state index in [1.54, 1.807) is 42.5 Å². The molecular formula is C27H35Cl2N3O5S. The van der Waals surface area contributed by atoms with Crippen molar-refractivity contribution >= 4 is 50.7 Å². The summed E-state index contributed by atoms with van der Waals surface area (Å²) in [6.45, 7) is 1.27. The number of nitrogens with zero attached hydrogens (tertiary/aromatic N) is 2. The van der Waals surface area contributed by atoms with Gasteiger partial charge in [0.05, 0.1) is 19.1 Å². The van der Waals surface area contributed by atoms with Crippen LogP contribution in [-0.4, -0.2) is 57.1 Å². The van der Waals surface area contributed by atoms with Gasteiger partial charge in [-0.05, 0) is 55.7 Å². The molecule has 1 N–H and O–H groups in total. The van der Waals surface area contributed by atoms with Crippen LogP contribution >= 0.6 is 23.2 Å². The molecule has 0 aromatic heterocycles. The number of nitrogens with one attached hydrogen (secondary N) is 1. The molecule has 1 saturated carbocycles. The monoisotopic (exact) mass is 583 g/mol. The number of rotatable bonds is 11. The molecule has 38 heavy (non-hydrogen) atoms. The van der Waals surface area contributed by atoms with Crippen LogP contribution in [0.25, 0.3) is 0 Å². The summed E-state index contributed by atoms with van der Waals surface area (Å²) in [7, 11) is -2.33. The second-order valence-corrected chi connectivity index (χ2v) is 12.2. The first-order valence-electron chi connectivity index (χ1n) is 12.7. The molecular weight excluding hydrogens is 549 g/mol. The van der Waals surface area contributed by atoms with Gasteiger partial charge in [-0.3, -0.25) is 13.9 Å². The van der Waals surface area contributed by atoms with E-state index < -0.39 is 28.5 Å². The van der Waals surface area contributed by atoms with Gasteiger partial charge in [-0.15, -0.1) is 0 Å². The minimum atomic E-state index is -3.84. The van der Waals surface area contributed by atoms with Crippen molar-refractivity contribution in [3.8, 4) is 5.75 Å². The van der Waals surface area contributed by atoms with E-state index in [0.29, 0.717) is 33.5 Å². The van der Waals surface area contributed by atoms with Crippen molar-refractivity contribution in [3.63, 3.8) is 0 Å². The number of anilines is 1. The molecule has 1 aliphatic rings. The van der Waals surface area contributed by atoms with Gasteiger partial charge in [0.2, 0.25) is 21.8 Å². The smallest absolute Gasteiger partial charge is 0.244 e. The second kappa shape index (κ2) is 13.5. The number of halogens is 2. The zero-order valence-electron chi connectivity index (χ0n) is 22.0. The van der Waals surface area contributed by atoms with E-state index >= 15 is 0 Å². The predicted molar refractivity (Wildman–Crippen MR) is 151 cm³/mol. The van der Waals surface area contributed by atoms with Crippen molar-refractivity contribution in [1.29, 1.82) is 0 Å². The standard InChI is InChI=1S/C27H35Cl2N3O5S/c1-4-25(27(34)30-19-9-6-5-7-10-19)31(17-22-23(28)11-8-12-24(22)29)26(33)18-32(38(3,35)36)20-13-15-21(37-2)16-14-20/h8,11-16,19,25H,4-7,9-10,17-18H2,1-3H3,(H,30,34)/t25-/m1/s1. The number of carbonyl (C=O) groups excluding carboxylic acids is 2. The van der Waals surface area contributed by atoms with Gasteiger partial charge in [-0.2, -0.15) is 0 Å². The average molecular weight is 585 g/mol. The van der Waals surface area contributed by atoms with E-state index in [1.165, 1.54) is 12.0 Å². The van der Waals surface area contributed by atoms with Gasteiger partial charge in [-0.25, -0.2) is 8.42 Å². The van der Waals surface area contributed by atoms with E-state index in [-0.39, 0.29) is 18.5 Å². The lowest BCUT2D eigenvalue weighted by Gasteiger charge is -2.34. The molecule has 208 valence electrons. The number of carbonyl (C=O) groups is 2. The van der Waals surface area contributed by atoms with Crippen molar-refractivity contribution in [3.05, 3.63) is 58.1 Å². The molecule has 1 aliphatic carbocycles. The van der Waals surface area contributed by atoms with E-state index in [1.807, 2.05) is 6.92 Å². The fourth-order valence-electron chi connectivity index (χ4n) is 4.68. The Hall–Kier alpha value is -2.49. The molecule has 2 aromatic rings. The van der Waals surface area contributed by atoms with Crippen LogP contribution in [0.2, 0.25) is 10.0 Å². The van der Waals surface area contributed by atoms with E-state index in [2.05, 4.69) is 5.32 Å². The molecule has 11 heteroatoms. The second-order valence-electron chi connectivity index (χ2n) is 9.46. The third-order valence-corrected chi connectivity index (χ3v) is 8.62. The number of ether oxygens (including phenoxy) is 1. The maximum Gasteiger partial charge on any atom is 0.244 e.